The molecule has 50 valence electrons. The molecule has 1 N–H and O–H groups in total. The minimum absolute atomic E-state index is 0.456. The van der Waals surface area contributed by atoms with E-state index in [0.29, 0.717) is 17.7 Å². The molecule has 1 aliphatic heterocycles. The highest BCUT2D eigenvalue weighted by Crippen LogP contribution is 2.29. The van der Waals surface area contributed by atoms with Gasteiger partial charge in [0.2, 0.25) is 0 Å². The predicted octanol–water partition coefficient (Wildman–Crippen LogP) is 0.327. The molecule has 2 atom stereocenters. The Balaban J connectivity index is 2.09. The zero-order chi connectivity index (χ0) is 6.27. The van der Waals surface area contributed by atoms with Gasteiger partial charge in [0.15, 0.2) is 0 Å². The lowest BCUT2D eigenvalue weighted by molar-refractivity contribution is -0.117. The van der Waals surface area contributed by atoms with Crippen LogP contribution in [0.15, 0.2) is 0 Å². The molecule has 2 fully saturated rings. The number of rotatable bonds is 0. The van der Waals surface area contributed by atoms with Gasteiger partial charge in [-0.1, -0.05) is 0 Å². The van der Waals surface area contributed by atoms with Crippen LogP contribution in [0.2, 0.25) is 0 Å². The molecule has 1 aliphatic carbocycles. The van der Waals surface area contributed by atoms with E-state index >= 15 is 0 Å². The maximum Gasteiger partial charge on any atom is 0.134 e. The molecule has 0 radical (unpaired) electrons. The van der Waals surface area contributed by atoms with Gasteiger partial charge in [-0.15, -0.1) is 0 Å². The van der Waals surface area contributed by atoms with E-state index < -0.39 is 0 Å². The summed E-state index contributed by atoms with van der Waals surface area (Å²) in [5.41, 5.74) is 0. The Hall–Kier alpha value is -0.370. The van der Waals surface area contributed by atoms with Gasteiger partial charge in [-0.25, -0.2) is 0 Å². The lowest BCUT2D eigenvalue weighted by atomic mass is 10.1. The van der Waals surface area contributed by atoms with Crippen LogP contribution in [0, 0.1) is 5.92 Å². The Labute approximate surface area is 54.6 Å². The van der Waals surface area contributed by atoms with Crippen LogP contribution < -0.4 is 5.32 Å². The molecule has 0 aromatic heterocycles. The highest BCUT2D eigenvalue weighted by molar-refractivity contribution is 5.82. The van der Waals surface area contributed by atoms with Crippen LogP contribution in [0.25, 0.3) is 0 Å². The number of carbonyl (C=O) groups excluding carboxylic acids is 1. The quantitative estimate of drug-likeness (QED) is 0.505. The molecule has 0 aromatic carbocycles. The van der Waals surface area contributed by atoms with Crippen molar-refractivity contribution in [3.05, 3.63) is 0 Å². The van der Waals surface area contributed by atoms with E-state index in [1.54, 1.807) is 0 Å². The van der Waals surface area contributed by atoms with Crippen molar-refractivity contribution in [1.29, 1.82) is 0 Å². The van der Waals surface area contributed by atoms with Crippen LogP contribution in [-0.2, 0) is 4.79 Å². The molecule has 0 amide bonds. The number of ketones is 1. The normalized spacial score (nSPS) is 41.6. The van der Waals surface area contributed by atoms with Crippen LogP contribution in [0.4, 0.5) is 0 Å². The van der Waals surface area contributed by atoms with Crippen molar-refractivity contribution >= 4 is 5.78 Å². The van der Waals surface area contributed by atoms with Gasteiger partial charge in [-0.05, 0) is 18.9 Å². The van der Waals surface area contributed by atoms with E-state index in [4.69, 9.17) is 0 Å². The third-order valence-electron chi connectivity index (χ3n) is 2.43. The SMILES string of the molecule is O=C1CC2CCNC2C1. The summed E-state index contributed by atoms with van der Waals surface area (Å²) >= 11 is 0. The first-order valence-corrected chi connectivity index (χ1v) is 3.61. The zero-order valence-corrected chi connectivity index (χ0v) is 5.39. The Morgan fingerprint density at radius 1 is 1.44 bits per heavy atom. The number of hydrogen-bond acceptors (Lipinski definition) is 2. The van der Waals surface area contributed by atoms with Gasteiger partial charge >= 0.3 is 0 Å². The van der Waals surface area contributed by atoms with E-state index in [1.807, 2.05) is 0 Å². The standard InChI is InChI=1S/C7H11NO/c9-6-3-5-1-2-8-7(5)4-6/h5,7-8H,1-4H2. The first-order chi connectivity index (χ1) is 4.36. The third-order valence-corrected chi connectivity index (χ3v) is 2.43. The van der Waals surface area contributed by atoms with Gasteiger partial charge in [0.05, 0.1) is 0 Å². The molecular formula is C7H11NO. The summed E-state index contributed by atoms with van der Waals surface area (Å²) < 4.78 is 0. The highest BCUT2D eigenvalue weighted by Gasteiger charge is 2.35. The predicted molar refractivity (Wildman–Crippen MR) is 34.1 cm³/mol. The van der Waals surface area contributed by atoms with Crippen molar-refractivity contribution in [3.8, 4) is 0 Å². The minimum Gasteiger partial charge on any atom is -0.313 e. The smallest absolute Gasteiger partial charge is 0.134 e. The summed E-state index contributed by atoms with van der Waals surface area (Å²) in [6.45, 7) is 1.13. The maximum absolute atomic E-state index is 10.8. The summed E-state index contributed by atoms with van der Waals surface area (Å²) in [5.74, 6) is 1.15. The molecule has 1 saturated heterocycles. The Bertz CT molecular complexity index is 130. The lowest BCUT2D eigenvalue weighted by Gasteiger charge is -2.04. The van der Waals surface area contributed by atoms with E-state index in [1.165, 1.54) is 6.42 Å². The molecular weight excluding hydrogens is 114 g/mol. The average molecular weight is 125 g/mol. The van der Waals surface area contributed by atoms with Crippen LogP contribution in [0.5, 0.6) is 0 Å². The van der Waals surface area contributed by atoms with Gasteiger partial charge in [0, 0.05) is 18.9 Å². The molecule has 2 heteroatoms. The maximum atomic E-state index is 10.8. The van der Waals surface area contributed by atoms with Crippen molar-refractivity contribution in [2.45, 2.75) is 25.3 Å². The summed E-state index contributed by atoms with van der Waals surface area (Å²) in [4.78, 5) is 10.8. The van der Waals surface area contributed by atoms with E-state index in [-0.39, 0.29) is 0 Å². The fraction of sp³-hybridized carbons (Fsp3) is 0.857. The van der Waals surface area contributed by atoms with Gasteiger partial charge in [0.1, 0.15) is 5.78 Å². The third kappa shape index (κ3) is 0.778. The zero-order valence-electron chi connectivity index (χ0n) is 5.39. The van der Waals surface area contributed by atoms with Gasteiger partial charge in [-0.3, -0.25) is 4.79 Å². The molecule has 0 bridgehead atoms. The molecule has 0 aromatic rings. The molecule has 0 spiro atoms. The van der Waals surface area contributed by atoms with Crippen LogP contribution >= 0.6 is 0 Å². The molecule has 2 aliphatic rings. The Kier molecular flexibility index (Phi) is 1.09. The van der Waals surface area contributed by atoms with Gasteiger partial charge in [0.25, 0.3) is 0 Å². The molecule has 2 unspecified atom stereocenters. The van der Waals surface area contributed by atoms with Crippen molar-refractivity contribution in [3.63, 3.8) is 0 Å². The molecule has 2 rings (SSSR count). The first-order valence-electron chi connectivity index (χ1n) is 3.61. The number of fused-ring (bicyclic) bond motifs is 1. The molecule has 1 saturated carbocycles. The monoisotopic (exact) mass is 125 g/mol. The molecule has 2 nitrogen and oxygen atoms in total. The number of nitrogens with one attached hydrogen (secondary N) is 1. The largest absolute Gasteiger partial charge is 0.313 e. The van der Waals surface area contributed by atoms with E-state index in [9.17, 15) is 4.79 Å². The number of carbonyl (C=O) groups is 1. The van der Waals surface area contributed by atoms with Gasteiger partial charge in [-0.2, -0.15) is 0 Å². The Morgan fingerprint density at radius 3 is 3.11 bits per heavy atom. The van der Waals surface area contributed by atoms with Crippen LogP contribution in [0.3, 0.4) is 0 Å². The van der Waals surface area contributed by atoms with Crippen molar-refractivity contribution in [1.82, 2.24) is 5.32 Å². The fourth-order valence-electron chi connectivity index (χ4n) is 1.93. The second-order valence-electron chi connectivity index (χ2n) is 3.06. The molecule has 1 heterocycles. The van der Waals surface area contributed by atoms with Gasteiger partial charge < -0.3 is 5.32 Å². The fourth-order valence-corrected chi connectivity index (χ4v) is 1.93. The van der Waals surface area contributed by atoms with E-state index in [0.717, 1.165) is 19.4 Å². The molecule has 9 heavy (non-hydrogen) atoms. The van der Waals surface area contributed by atoms with Crippen molar-refractivity contribution in [2.75, 3.05) is 6.54 Å². The Morgan fingerprint density at radius 2 is 2.33 bits per heavy atom. The summed E-state index contributed by atoms with van der Waals surface area (Å²) in [7, 11) is 0. The van der Waals surface area contributed by atoms with Crippen LogP contribution in [-0.4, -0.2) is 18.4 Å². The van der Waals surface area contributed by atoms with E-state index in [2.05, 4.69) is 5.32 Å². The van der Waals surface area contributed by atoms with Crippen LogP contribution in [0.1, 0.15) is 19.3 Å². The van der Waals surface area contributed by atoms with Crippen molar-refractivity contribution in [2.24, 2.45) is 5.92 Å². The minimum atomic E-state index is 0.456. The summed E-state index contributed by atoms with van der Waals surface area (Å²) in [5, 5.41) is 3.33. The van der Waals surface area contributed by atoms with Crippen molar-refractivity contribution < 1.29 is 4.79 Å². The number of Topliss-reactive ketones (excluding diaryl/α,β-unsaturated/α-hetero) is 1. The highest BCUT2D eigenvalue weighted by atomic mass is 16.1. The second-order valence-corrected chi connectivity index (χ2v) is 3.06. The summed E-state index contributed by atoms with van der Waals surface area (Å²) in [6.07, 6.45) is 2.86. The first kappa shape index (κ1) is 5.42. The second kappa shape index (κ2) is 1.81. The topological polar surface area (TPSA) is 29.1 Å². The number of hydrogen-bond donors (Lipinski definition) is 1. The average Bonchev–Trinajstić information content (AvgIpc) is 2.22. The lowest BCUT2D eigenvalue weighted by Crippen LogP contribution is -2.22. The summed E-state index contributed by atoms with van der Waals surface area (Å²) in [6, 6.07) is 0.553.